The zero-order valence-corrected chi connectivity index (χ0v) is 9.08. The van der Waals surface area contributed by atoms with Gasteiger partial charge in [0.05, 0.1) is 4.90 Å². The molecule has 74 valence electrons. The van der Waals surface area contributed by atoms with Crippen molar-refractivity contribution in [3.63, 3.8) is 0 Å². The monoisotopic (exact) mass is 221 g/mol. The molecule has 0 aliphatic carbocycles. The van der Waals surface area contributed by atoms with E-state index in [0.717, 1.165) is 5.56 Å². The van der Waals surface area contributed by atoms with Crippen LogP contribution in [0.25, 0.3) is 0 Å². The average molecular weight is 222 g/mol. The summed E-state index contributed by atoms with van der Waals surface area (Å²) in [5.74, 6) is 0. The Bertz CT molecular complexity index is 401. The molecule has 0 saturated heterocycles. The van der Waals surface area contributed by atoms with Crippen molar-refractivity contribution in [3.05, 3.63) is 29.3 Å². The van der Waals surface area contributed by atoms with Crippen molar-refractivity contribution < 1.29 is 8.42 Å². The first-order valence-corrected chi connectivity index (χ1v) is 5.06. The standard InChI is InChI=1S/C8H11NO2S.ClH/c1-6-3-4-7(2)8(5-6)12(9,10)11;/h3-5H,1-2H3,(H2,9,10,11);1H. The van der Waals surface area contributed by atoms with Crippen LogP contribution in [0.15, 0.2) is 23.1 Å². The number of hydrogen-bond donors (Lipinski definition) is 1. The summed E-state index contributed by atoms with van der Waals surface area (Å²) in [7, 11) is -3.56. The lowest BCUT2D eigenvalue weighted by molar-refractivity contribution is 0.597. The van der Waals surface area contributed by atoms with E-state index < -0.39 is 10.0 Å². The normalized spacial score (nSPS) is 10.7. The van der Waals surface area contributed by atoms with Gasteiger partial charge in [0.25, 0.3) is 0 Å². The number of hydrogen-bond acceptors (Lipinski definition) is 2. The van der Waals surface area contributed by atoms with Crippen molar-refractivity contribution in [2.75, 3.05) is 0 Å². The molecule has 1 rings (SSSR count). The third kappa shape index (κ3) is 2.99. The number of aryl methyl sites for hydroxylation is 2. The van der Waals surface area contributed by atoms with Crippen LogP contribution in [0.5, 0.6) is 0 Å². The largest absolute Gasteiger partial charge is 0.238 e. The minimum absolute atomic E-state index is 0. The minimum Gasteiger partial charge on any atom is -0.225 e. The van der Waals surface area contributed by atoms with E-state index in [0.29, 0.717) is 5.56 Å². The van der Waals surface area contributed by atoms with Crippen molar-refractivity contribution >= 4 is 22.4 Å². The third-order valence-corrected chi connectivity index (χ3v) is 2.70. The molecular weight excluding hydrogens is 210 g/mol. The molecule has 0 aliphatic heterocycles. The van der Waals surface area contributed by atoms with E-state index in [1.165, 1.54) is 0 Å². The van der Waals surface area contributed by atoms with Gasteiger partial charge in [0.1, 0.15) is 0 Å². The molecule has 0 spiro atoms. The number of nitrogens with two attached hydrogens (primary N) is 1. The highest BCUT2D eigenvalue weighted by Crippen LogP contribution is 2.14. The van der Waals surface area contributed by atoms with Gasteiger partial charge in [-0.1, -0.05) is 12.1 Å². The molecule has 13 heavy (non-hydrogen) atoms. The van der Waals surface area contributed by atoms with Gasteiger partial charge in [0, 0.05) is 0 Å². The second-order valence-electron chi connectivity index (χ2n) is 2.81. The van der Waals surface area contributed by atoms with Crippen molar-refractivity contribution in [2.24, 2.45) is 5.14 Å². The van der Waals surface area contributed by atoms with Crippen molar-refractivity contribution in [1.29, 1.82) is 0 Å². The summed E-state index contributed by atoms with van der Waals surface area (Å²) in [6.07, 6.45) is 0. The predicted octanol–water partition coefficient (Wildman–Crippen LogP) is 1.37. The number of sulfonamides is 1. The summed E-state index contributed by atoms with van der Waals surface area (Å²) in [6.45, 7) is 3.55. The first kappa shape index (κ1) is 12.4. The average Bonchev–Trinajstić information content (AvgIpc) is 1.92. The van der Waals surface area contributed by atoms with Crippen LogP contribution >= 0.6 is 12.4 Å². The molecule has 0 aliphatic rings. The van der Waals surface area contributed by atoms with Crippen molar-refractivity contribution in [2.45, 2.75) is 18.7 Å². The summed E-state index contributed by atoms with van der Waals surface area (Å²) in [5, 5.41) is 5.00. The molecule has 2 N–H and O–H groups in total. The lowest BCUT2D eigenvalue weighted by Gasteiger charge is -2.03. The van der Waals surface area contributed by atoms with E-state index in [-0.39, 0.29) is 17.3 Å². The lowest BCUT2D eigenvalue weighted by Crippen LogP contribution is -2.13. The summed E-state index contributed by atoms with van der Waals surface area (Å²) in [5.41, 5.74) is 1.58. The maximum absolute atomic E-state index is 11.0. The Kier molecular flexibility index (Phi) is 3.90. The van der Waals surface area contributed by atoms with Crippen LogP contribution in [0.3, 0.4) is 0 Å². The molecule has 1 aromatic rings. The number of primary sulfonamides is 1. The van der Waals surface area contributed by atoms with E-state index in [9.17, 15) is 8.42 Å². The fraction of sp³-hybridized carbons (Fsp3) is 0.250. The SMILES string of the molecule is Cc1ccc(C)c(S(N)(=O)=O)c1.Cl. The second kappa shape index (κ2) is 4.09. The van der Waals surface area contributed by atoms with Crippen LogP contribution in [0, 0.1) is 13.8 Å². The van der Waals surface area contributed by atoms with Crippen LogP contribution in [0.1, 0.15) is 11.1 Å². The van der Waals surface area contributed by atoms with Gasteiger partial charge in [-0.3, -0.25) is 0 Å². The molecule has 0 fully saturated rings. The number of benzene rings is 1. The zero-order valence-electron chi connectivity index (χ0n) is 7.44. The minimum atomic E-state index is -3.56. The summed E-state index contributed by atoms with van der Waals surface area (Å²) < 4.78 is 22.0. The Hall–Kier alpha value is -0.580. The van der Waals surface area contributed by atoms with E-state index in [1.807, 2.05) is 13.0 Å². The van der Waals surface area contributed by atoms with Gasteiger partial charge in [0.2, 0.25) is 10.0 Å². The van der Waals surface area contributed by atoms with Crippen molar-refractivity contribution in [1.82, 2.24) is 0 Å². The van der Waals surface area contributed by atoms with Crippen LogP contribution in [-0.2, 0) is 10.0 Å². The topological polar surface area (TPSA) is 60.2 Å². The van der Waals surface area contributed by atoms with E-state index in [4.69, 9.17) is 5.14 Å². The third-order valence-electron chi connectivity index (χ3n) is 1.65. The molecule has 0 amide bonds. The maximum Gasteiger partial charge on any atom is 0.238 e. The van der Waals surface area contributed by atoms with Crippen LogP contribution in [0.4, 0.5) is 0 Å². The smallest absolute Gasteiger partial charge is 0.225 e. The molecular formula is C8H12ClNO2S. The molecule has 0 bridgehead atoms. The molecule has 1 aromatic carbocycles. The Morgan fingerprint density at radius 3 is 2.15 bits per heavy atom. The van der Waals surface area contributed by atoms with Gasteiger partial charge in [0.15, 0.2) is 0 Å². The maximum atomic E-state index is 11.0. The fourth-order valence-electron chi connectivity index (χ4n) is 1.01. The molecule has 0 heterocycles. The second-order valence-corrected chi connectivity index (χ2v) is 4.34. The molecule has 0 radical (unpaired) electrons. The molecule has 0 unspecified atom stereocenters. The fourth-order valence-corrected chi connectivity index (χ4v) is 1.88. The summed E-state index contributed by atoms with van der Waals surface area (Å²) in [6, 6.07) is 5.17. The first-order valence-electron chi connectivity index (χ1n) is 3.51. The van der Waals surface area contributed by atoms with E-state index in [2.05, 4.69) is 0 Å². The molecule has 0 saturated carbocycles. The highest BCUT2D eigenvalue weighted by molar-refractivity contribution is 7.89. The number of rotatable bonds is 1. The number of halogens is 1. The Morgan fingerprint density at radius 2 is 1.77 bits per heavy atom. The van der Waals surface area contributed by atoms with E-state index in [1.54, 1.807) is 19.1 Å². The van der Waals surface area contributed by atoms with Gasteiger partial charge in [-0.05, 0) is 31.0 Å². The van der Waals surface area contributed by atoms with Gasteiger partial charge in [-0.2, -0.15) is 0 Å². The molecule has 0 atom stereocenters. The quantitative estimate of drug-likeness (QED) is 0.779. The van der Waals surface area contributed by atoms with Gasteiger partial charge in [-0.25, -0.2) is 13.6 Å². The summed E-state index contributed by atoms with van der Waals surface area (Å²) >= 11 is 0. The van der Waals surface area contributed by atoms with Gasteiger partial charge in [-0.15, -0.1) is 12.4 Å². The Labute approximate surface area is 84.4 Å². The highest BCUT2D eigenvalue weighted by atomic mass is 35.5. The zero-order chi connectivity index (χ0) is 9.35. The van der Waals surface area contributed by atoms with E-state index >= 15 is 0 Å². The van der Waals surface area contributed by atoms with Gasteiger partial charge >= 0.3 is 0 Å². The van der Waals surface area contributed by atoms with Crippen LogP contribution in [-0.4, -0.2) is 8.42 Å². The molecule has 3 nitrogen and oxygen atoms in total. The van der Waals surface area contributed by atoms with Gasteiger partial charge < -0.3 is 0 Å². The Balaban J connectivity index is 0.00000144. The van der Waals surface area contributed by atoms with Crippen molar-refractivity contribution in [3.8, 4) is 0 Å². The van der Waals surface area contributed by atoms with Crippen LogP contribution in [0.2, 0.25) is 0 Å². The summed E-state index contributed by atoms with van der Waals surface area (Å²) in [4.78, 5) is 0.211. The van der Waals surface area contributed by atoms with Crippen LogP contribution < -0.4 is 5.14 Å². The highest BCUT2D eigenvalue weighted by Gasteiger charge is 2.10. The lowest BCUT2D eigenvalue weighted by atomic mass is 10.2. The first-order chi connectivity index (χ1) is 5.41. The molecule has 0 aromatic heterocycles. The predicted molar refractivity (Wildman–Crippen MR) is 54.5 cm³/mol. The molecule has 5 heteroatoms. The Morgan fingerprint density at radius 1 is 1.23 bits per heavy atom.